The molecule has 0 N–H and O–H groups in total. The molecule has 0 unspecified atom stereocenters. The number of ether oxygens (including phenoxy) is 1. The average Bonchev–Trinajstić information content (AvgIpc) is 3.27. The maximum Gasteiger partial charge on any atom is 0.277 e. The summed E-state index contributed by atoms with van der Waals surface area (Å²) in [5.74, 6) is 1.62. The maximum absolute atomic E-state index is 12.2. The fourth-order valence-corrected chi connectivity index (χ4v) is 4.00. The molecule has 4 aromatic rings. The molecule has 1 aromatic carbocycles. The van der Waals surface area contributed by atoms with Crippen LogP contribution in [0.4, 0.5) is 0 Å². The molecule has 0 aliphatic carbocycles. The predicted octanol–water partition coefficient (Wildman–Crippen LogP) is 3.42. The summed E-state index contributed by atoms with van der Waals surface area (Å²) in [6.45, 7) is 1.89. The van der Waals surface area contributed by atoms with E-state index < -0.39 is 0 Å². The van der Waals surface area contributed by atoms with Gasteiger partial charge in [-0.2, -0.15) is 0 Å². The molecule has 0 radical (unpaired) electrons. The fraction of sp³-hybridized carbons (Fsp3) is 0.176. The van der Waals surface area contributed by atoms with E-state index in [2.05, 4.69) is 15.2 Å². The molecule has 0 fully saturated rings. The fourth-order valence-electron chi connectivity index (χ4n) is 2.45. The quantitative estimate of drug-likeness (QED) is 0.486. The van der Waals surface area contributed by atoms with Gasteiger partial charge in [0.05, 0.1) is 12.8 Å². The van der Waals surface area contributed by atoms with Crippen molar-refractivity contribution < 1.29 is 9.15 Å². The second-order valence-corrected chi connectivity index (χ2v) is 7.24. The first-order chi connectivity index (χ1) is 12.6. The number of hydrogen-bond donors (Lipinski definition) is 0. The van der Waals surface area contributed by atoms with Crippen molar-refractivity contribution in [1.29, 1.82) is 0 Å². The van der Waals surface area contributed by atoms with E-state index in [1.54, 1.807) is 17.6 Å². The Morgan fingerprint density at radius 3 is 3.04 bits per heavy atom. The zero-order valence-electron chi connectivity index (χ0n) is 14.0. The largest absolute Gasteiger partial charge is 0.497 e. The molecule has 0 aliphatic heterocycles. The average molecular weight is 386 g/mol. The summed E-state index contributed by atoms with van der Waals surface area (Å²) >= 11 is 2.79. The molecule has 0 bridgehead atoms. The van der Waals surface area contributed by atoms with Crippen molar-refractivity contribution in [2.75, 3.05) is 7.11 Å². The highest BCUT2D eigenvalue weighted by Crippen LogP contribution is 2.27. The third-order valence-corrected chi connectivity index (χ3v) is 5.49. The lowest BCUT2D eigenvalue weighted by Crippen LogP contribution is -2.14. The number of thiazole rings is 1. The van der Waals surface area contributed by atoms with Crippen LogP contribution in [0, 0.1) is 6.92 Å². The van der Waals surface area contributed by atoms with Gasteiger partial charge in [-0.05, 0) is 25.1 Å². The van der Waals surface area contributed by atoms with Crippen LogP contribution in [0.1, 0.15) is 11.4 Å². The highest BCUT2D eigenvalue weighted by Gasteiger charge is 2.12. The van der Waals surface area contributed by atoms with Gasteiger partial charge in [0.1, 0.15) is 5.75 Å². The van der Waals surface area contributed by atoms with E-state index in [1.807, 2.05) is 36.6 Å². The Kier molecular flexibility index (Phi) is 4.48. The first kappa shape index (κ1) is 16.8. The first-order valence-electron chi connectivity index (χ1n) is 7.71. The maximum atomic E-state index is 12.2. The number of aryl methyl sites for hydroxylation is 1. The molecule has 0 amide bonds. The molecule has 0 spiro atoms. The summed E-state index contributed by atoms with van der Waals surface area (Å²) in [5.41, 5.74) is 2.28. The number of hydrogen-bond acceptors (Lipinski definition) is 8. The van der Waals surface area contributed by atoms with Crippen molar-refractivity contribution in [3.63, 3.8) is 0 Å². The lowest BCUT2D eigenvalue weighted by molar-refractivity contribution is 0.414. The zero-order valence-corrected chi connectivity index (χ0v) is 15.6. The molecule has 3 aromatic heterocycles. The van der Waals surface area contributed by atoms with Crippen molar-refractivity contribution in [2.45, 2.75) is 17.9 Å². The number of benzene rings is 1. The van der Waals surface area contributed by atoms with Crippen LogP contribution in [0.15, 0.2) is 50.1 Å². The van der Waals surface area contributed by atoms with Crippen molar-refractivity contribution >= 4 is 28.1 Å². The minimum Gasteiger partial charge on any atom is -0.497 e. The molecule has 4 rings (SSSR count). The number of aromatic nitrogens is 4. The molecule has 9 heteroatoms. The standard InChI is InChI=1S/C17H14N4O3S2/c1-10-8-25-16-18-12(7-14(22)21(10)16)9-26-17-20-19-15(24-17)11-4-3-5-13(6-11)23-2/h3-8H,9H2,1-2H3. The van der Waals surface area contributed by atoms with Crippen LogP contribution in [-0.2, 0) is 5.75 Å². The molecule has 7 nitrogen and oxygen atoms in total. The third-order valence-electron chi connectivity index (χ3n) is 3.70. The summed E-state index contributed by atoms with van der Waals surface area (Å²) in [6.07, 6.45) is 0. The second-order valence-electron chi connectivity index (χ2n) is 5.47. The summed E-state index contributed by atoms with van der Waals surface area (Å²) in [5, 5.41) is 10.5. The van der Waals surface area contributed by atoms with E-state index >= 15 is 0 Å². The molecular formula is C17H14N4O3S2. The predicted molar refractivity (Wildman–Crippen MR) is 99.9 cm³/mol. The highest BCUT2D eigenvalue weighted by atomic mass is 32.2. The van der Waals surface area contributed by atoms with Gasteiger partial charge in [-0.1, -0.05) is 17.8 Å². The second kappa shape index (κ2) is 6.93. The SMILES string of the molecule is COc1cccc(-c2nnc(SCc3cc(=O)n4c(C)csc4n3)o2)c1. The van der Waals surface area contributed by atoms with E-state index in [4.69, 9.17) is 9.15 Å². The van der Waals surface area contributed by atoms with E-state index in [-0.39, 0.29) is 5.56 Å². The van der Waals surface area contributed by atoms with Gasteiger partial charge in [0.2, 0.25) is 5.89 Å². The Bertz CT molecular complexity index is 1130. The van der Waals surface area contributed by atoms with Crippen LogP contribution in [0.3, 0.4) is 0 Å². The Morgan fingerprint density at radius 1 is 1.31 bits per heavy atom. The van der Waals surface area contributed by atoms with Gasteiger partial charge in [0.15, 0.2) is 4.96 Å². The smallest absolute Gasteiger partial charge is 0.277 e. The van der Waals surface area contributed by atoms with Crippen LogP contribution >= 0.6 is 23.1 Å². The van der Waals surface area contributed by atoms with Crippen molar-refractivity contribution in [3.05, 3.63) is 57.5 Å². The summed E-state index contributed by atoms with van der Waals surface area (Å²) < 4.78 is 12.5. The monoisotopic (exact) mass is 386 g/mol. The topological polar surface area (TPSA) is 82.5 Å². The third kappa shape index (κ3) is 3.23. The molecule has 3 heterocycles. The summed E-state index contributed by atoms with van der Waals surface area (Å²) in [7, 11) is 1.61. The van der Waals surface area contributed by atoms with Crippen LogP contribution in [-0.4, -0.2) is 26.7 Å². The number of nitrogens with zero attached hydrogens (tertiary/aromatic N) is 4. The lowest BCUT2D eigenvalue weighted by atomic mass is 10.2. The number of thioether (sulfide) groups is 1. The van der Waals surface area contributed by atoms with Gasteiger partial charge < -0.3 is 9.15 Å². The van der Waals surface area contributed by atoms with Crippen molar-refractivity contribution in [3.8, 4) is 17.2 Å². The van der Waals surface area contributed by atoms with E-state index in [0.29, 0.717) is 27.5 Å². The van der Waals surface area contributed by atoms with Crippen LogP contribution in [0.25, 0.3) is 16.4 Å². The highest BCUT2D eigenvalue weighted by molar-refractivity contribution is 7.98. The van der Waals surface area contributed by atoms with Gasteiger partial charge in [0.25, 0.3) is 10.8 Å². The van der Waals surface area contributed by atoms with Crippen LogP contribution in [0.5, 0.6) is 5.75 Å². The molecule has 132 valence electrons. The number of rotatable bonds is 5. The Morgan fingerprint density at radius 2 is 2.19 bits per heavy atom. The van der Waals surface area contributed by atoms with Gasteiger partial charge in [-0.3, -0.25) is 9.20 Å². The molecule has 0 saturated heterocycles. The summed E-state index contributed by atoms with van der Waals surface area (Å²) in [4.78, 5) is 17.4. The molecule has 26 heavy (non-hydrogen) atoms. The van der Waals surface area contributed by atoms with Crippen LogP contribution < -0.4 is 10.3 Å². The molecular weight excluding hydrogens is 372 g/mol. The van der Waals surface area contributed by atoms with Gasteiger partial charge in [0, 0.05) is 28.5 Å². The van der Waals surface area contributed by atoms with Gasteiger partial charge >= 0.3 is 0 Å². The Labute approximate surface area is 156 Å². The molecule has 0 saturated carbocycles. The normalized spacial score (nSPS) is 11.2. The Balaban J connectivity index is 1.52. The van der Waals surface area contributed by atoms with Crippen molar-refractivity contribution in [2.24, 2.45) is 0 Å². The number of fused-ring (bicyclic) bond motifs is 1. The van der Waals surface area contributed by atoms with E-state index in [0.717, 1.165) is 17.0 Å². The van der Waals surface area contributed by atoms with E-state index in [1.165, 1.54) is 23.1 Å². The summed E-state index contributed by atoms with van der Waals surface area (Å²) in [6, 6.07) is 8.96. The minimum absolute atomic E-state index is 0.0769. The van der Waals surface area contributed by atoms with Crippen LogP contribution in [0.2, 0.25) is 0 Å². The molecule has 0 aliphatic rings. The zero-order chi connectivity index (χ0) is 18.1. The van der Waals surface area contributed by atoms with E-state index in [9.17, 15) is 4.79 Å². The minimum atomic E-state index is -0.0769. The van der Waals surface area contributed by atoms with Gasteiger partial charge in [-0.15, -0.1) is 21.5 Å². The first-order valence-corrected chi connectivity index (χ1v) is 9.58. The lowest BCUT2D eigenvalue weighted by Gasteiger charge is -2.00. The van der Waals surface area contributed by atoms with Gasteiger partial charge in [-0.25, -0.2) is 4.98 Å². The Hall–Kier alpha value is -2.65. The van der Waals surface area contributed by atoms with Crippen molar-refractivity contribution in [1.82, 2.24) is 19.6 Å². The molecule has 0 atom stereocenters. The number of methoxy groups -OCH3 is 1.